The third-order valence-electron chi connectivity index (χ3n) is 2.28. The van der Waals surface area contributed by atoms with Crippen LogP contribution in [-0.4, -0.2) is 4.98 Å². The Labute approximate surface area is 78.2 Å². The van der Waals surface area contributed by atoms with Crippen LogP contribution >= 0.6 is 0 Å². The van der Waals surface area contributed by atoms with E-state index < -0.39 is 0 Å². The maximum atomic E-state index is 5.51. The van der Waals surface area contributed by atoms with Crippen molar-refractivity contribution < 1.29 is 0 Å². The van der Waals surface area contributed by atoms with Crippen molar-refractivity contribution in [2.24, 2.45) is 5.41 Å². The minimum Gasteiger partial charge on any atom is -0.397 e. The molecule has 1 aliphatic rings. The first-order valence-corrected chi connectivity index (χ1v) is 4.43. The number of rotatable bonds is 0. The summed E-state index contributed by atoms with van der Waals surface area (Å²) in [4.78, 5) is 4.11. The molecule has 0 spiro atoms. The molecule has 2 nitrogen and oxygen atoms in total. The van der Waals surface area contributed by atoms with Crippen molar-refractivity contribution >= 4 is 5.69 Å². The summed E-state index contributed by atoms with van der Waals surface area (Å²) in [6.07, 6.45) is 4.07. The monoisotopic (exact) mass is 172 g/mol. The molecule has 0 saturated heterocycles. The topological polar surface area (TPSA) is 38.9 Å². The van der Waals surface area contributed by atoms with Crippen molar-refractivity contribution in [3.05, 3.63) is 24.0 Å². The third kappa shape index (κ3) is 2.00. The van der Waals surface area contributed by atoms with Crippen LogP contribution in [0.3, 0.4) is 0 Å². The molecule has 2 heteroatoms. The highest BCUT2D eigenvalue weighted by Crippen LogP contribution is 2.44. The largest absolute Gasteiger partial charge is 0.397 e. The SMILES string of the molecule is CC1(C#Cc2ccc(N)cn2)CC1. The molecule has 1 fully saturated rings. The van der Waals surface area contributed by atoms with Gasteiger partial charge >= 0.3 is 0 Å². The van der Waals surface area contributed by atoms with E-state index >= 15 is 0 Å². The Hall–Kier alpha value is -1.49. The van der Waals surface area contributed by atoms with Gasteiger partial charge in [0.15, 0.2) is 0 Å². The van der Waals surface area contributed by atoms with Crippen LogP contribution in [0, 0.1) is 17.3 Å². The zero-order valence-electron chi connectivity index (χ0n) is 7.67. The van der Waals surface area contributed by atoms with Gasteiger partial charge in [-0.3, -0.25) is 0 Å². The van der Waals surface area contributed by atoms with Crippen LogP contribution < -0.4 is 5.73 Å². The summed E-state index contributed by atoms with van der Waals surface area (Å²) in [5.74, 6) is 6.27. The quantitative estimate of drug-likeness (QED) is 0.606. The molecule has 0 bridgehead atoms. The third-order valence-corrected chi connectivity index (χ3v) is 2.28. The van der Waals surface area contributed by atoms with Crippen LogP contribution in [0.1, 0.15) is 25.5 Å². The van der Waals surface area contributed by atoms with Crippen molar-refractivity contribution in [1.82, 2.24) is 4.98 Å². The Morgan fingerprint density at radius 1 is 1.46 bits per heavy atom. The van der Waals surface area contributed by atoms with Crippen LogP contribution in [0.2, 0.25) is 0 Å². The van der Waals surface area contributed by atoms with Crippen molar-refractivity contribution in [1.29, 1.82) is 0 Å². The Morgan fingerprint density at radius 2 is 2.23 bits per heavy atom. The molecular formula is C11H12N2. The van der Waals surface area contributed by atoms with Crippen molar-refractivity contribution in [3.63, 3.8) is 0 Å². The summed E-state index contributed by atoms with van der Waals surface area (Å²) in [5, 5.41) is 0. The molecule has 66 valence electrons. The molecule has 0 aliphatic heterocycles. The summed E-state index contributed by atoms with van der Waals surface area (Å²) in [5.41, 5.74) is 7.27. The average Bonchev–Trinajstić information content (AvgIpc) is 2.84. The second-order valence-electron chi connectivity index (χ2n) is 3.79. The standard InChI is InChI=1S/C11H12N2/c1-11(6-7-11)5-4-10-3-2-9(12)8-13-10/h2-3,8H,6-7,12H2,1H3. The molecule has 0 aromatic carbocycles. The predicted molar refractivity (Wildman–Crippen MR) is 52.9 cm³/mol. The van der Waals surface area contributed by atoms with E-state index in [-0.39, 0.29) is 5.41 Å². The van der Waals surface area contributed by atoms with Crippen LogP contribution in [0.4, 0.5) is 5.69 Å². The first kappa shape index (κ1) is 8.12. The Balaban J connectivity index is 2.16. The summed E-state index contributed by atoms with van der Waals surface area (Å²) in [6, 6.07) is 3.68. The lowest BCUT2D eigenvalue weighted by Gasteiger charge is -1.93. The first-order chi connectivity index (χ1) is 6.18. The molecule has 1 aromatic heterocycles. The Morgan fingerprint density at radius 3 is 2.77 bits per heavy atom. The maximum absolute atomic E-state index is 5.51. The van der Waals surface area contributed by atoms with E-state index in [1.807, 2.05) is 12.1 Å². The van der Waals surface area contributed by atoms with Crippen molar-refractivity contribution in [2.75, 3.05) is 5.73 Å². The van der Waals surface area contributed by atoms with Crippen LogP contribution in [-0.2, 0) is 0 Å². The van der Waals surface area contributed by atoms with Crippen LogP contribution in [0.15, 0.2) is 18.3 Å². The molecule has 1 heterocycles. The van der Waals surface area contributed by atoms with Gasteiger partial charge in [-0.15, -0.1) is 0 Å². The summed E-state index contributed by atoms with van der Waals surface area (Å²) in [6.45, 7) is 2.18. The fraction of sp³-hybridized carbons (Fsp3) is 0.364. The van der Waals surface area contributed by atoms with Crippen molar-refractivity contribution in [2.45, 2.75) is 19.8 Å². The van der Waals surface area contributed by atoms with Gasteiger partial charge in [-0.2, -0.15) is 0 Å². The molecule has 0 unspecified atom stereocenters. The van der Waals surface area contributed by atoms with E-state index in [9.17, 15) is 0 Å². The number of hydrogen-bond donors (Lipinski definition) is 1. The molecule has 0 radical (unpaired) electrons. The summed E-state index contributed by atoms with van der Waals surface area (Å²) >= 11 is 0. The van der Waals surface area contributed by atoms with E-state index in [4.69, 9.17) is 5.73 Å². The van der Waals surface area contributed by atoms with Gasteiger partial charge in [0.05, 0.1) is 11.9 Å². The number of anilines is 1. The van der Waals surface area contributed by atoms with Crippen molar-refractivity contribution in [3.8, 4) is 11.8 Å². The minimum absolute atomic E-state index is 0.267. The molecule has 0 amide bonds. The average molecular weight is 172 g/mol. The Kier molecular flexibility index (Phi) is 1.73. The second kappa shape index (κ2) is 2.77. The van der Waals surface area contributed by atoms with Gasteiger partial charge in [-0.1, -0.05) is 5.92 Å². The van der Waals surface area contributed by atoms with Crippen LogP contribution in [0.5, 0.6) is 0 Å². The fourth-order valence-electron chi connectivity index (χ4n) is 1.01. The highest BCUT2D eigenvalue weighted by atomic mass is 14.7. The van der Waals surface area contributed by atoms with E-state index in [2.05, 4.69) is 23.7 Å². The van der Waals surface area contributed by atoms with Gasteiger partial charge in [0.25, 0.3) is 0 Å². The molecule has 1 aromatic rings. The number of pyridine rings is 1. The lowest BCUT2D eigenvalue weighted by molar-refractivity contribution is 0.782. The Bertz CT molecular complexity index is 363. The smallest absolute Gasteiger partial charge is 0.113 e. The predicted octanol–water partition coefficient (Wildman–Crippen LogP) is 1.82. The fourth-order valence-corrected chi connectivity index (χ4v) is 1.01. The number of nitrogens with zero attached hydrogens (tertiary/aromatic N) is 1. The molecule has 0 atom stereocenters. The molecule has 1 saturated carbocycles. The normalized spacial score (nSPS) is 17.3. The molecule has 1 aliphatic carbocycles. The van der Waals surface area contributed by atoms with E-state index in [1.54, 1.807) is 6.20 Å². The minimum atomic E-state index is 0.267. The van der Waals surface area contributed by atoms with E-state index in [0.29, 0.717) is 5.69 Å². The zero-order valence-corrected chi connectivity index (χ0v) is 7.67. The molecule has 2 N–H and O–H groups in total. The maximum Gasteiger partial charge on any atom is 0.113 e. The van der Waals surface area contributed by atoms with Gasteiger partial charge in [0.1, 0.15) is 5.69 Å². The molecule has 2 rings (SSSR count). The zero-order chi connectivity index (χ0) is 9.31. The molecular weight excluding hydrogens is 160 g/mol. The lowest BCUT2D eigenvalue weighted by atomic mass is 10.1. The summed E-state index contributed by atoms with van der Waals surface area (Å²) < 4.78 is 0. The van der Waals surface area contributed by atoms with E-state index in [0.717, 1.165) is 5.69 Å². The lowest BCUT2D eigenvalue weighted by Crippen LogP contribution is -1.89. The number of aromatic nitrogens is 1. The van der Waals surface area contributed by atoms with Gasteiger partial charge < -0.3 is 5.73 Å². The number of hydrogen-bond acceptors (Lipinski definition) is 2. The van der Waals surface area contributed by atoms with Gasteiger partial charge in [0.2, 0.25) is 0 Å². The second-order valence-corrected chi connectivity index (χ2v) is 3.79. The van der Waals surface area contributed by atoms with Gasteiger partial charge in [-0.05, 0) is 37.8 Å². The summed E-state index contributed by atoms with van der Waals surface area (Å²) in [7, 11) is 0. The first-order valence-electron chi connectivity index (χ1n) is 4.43. The van der Waals surface area contributed by atoms with Gasteiger partial charge in [0, 0.05) is 5.41 Å². The number of nitrogen functional groups attached to an aromatic ring is 1. The van der Waals surface area contributed by atoms with Gasteiger partial charge in [-0.25, -0.2) is 4.98 Å². The van der Waals surface area contributed by atoms with E-state index in [1.165, 1.54) is 12.8 Å². The highest BCUT2D eigenvalue weighted by molar-refractivity contribution is 5.39. The van der Waals surface area contributed by atoms with Crippen LogP contribution in [0.25, 0.3) is 0 Å². The molecule has 13 heavy (non-hydrogen) atoms. The number of nitrogens with two attached hydrogens (primary N) is 1. The highest BCUT2D eigenvalue weighted by Gasteiger charge is 2.35.